The van der Waals surface area contributed by atoms with Crippen molar-refractivity contribution in [2.45, 2.75) is 25.5 Å². The fraction of sp³-hybridized carbons (Fsp3) is 0.444. The Kier molecular flexibility index (Phi) is 5.41. The van der Waals surface area contributed by atoms with Gasteiger partial charge >= 0.3 is 5.97 Å². The third-order valence-corrected chi connectivity index (χ3v) is 4.86. The first-order valence-electron chi connectivity index (χ1n) is 8.73. The van der Waals surface area contributed by atoms with Crippen LogP contribution in [-0.2, 0) is 20.9 Å². The highest BCUT2D eigenvalue weighted by Crippen LogP contribution is 2.24. The van der Waals surface area contributed by atoms with E-state index in [1.807, 2.05) is 0 Å². The normalized spacial score (nSPS) is 17.1. The lowest BCUT2D eigenvalue weighted by atomic mass is 10.1. The Bertz CT molecular complexity index is 786. The van der Waals surface area contributed by atoms with E-state index in [9.17, 15) is 14.4 Å². The van der Waals surface area contributed by atoms with Gasteiger partial charge in [-0.2, -0.15) is 0 Å². The van der Waals surface area contributed by atoms with E-state index < -0.39 is 5.97 Å². The maximum Gasteiger partial charge on any atom is 0.329 e. The van der Waals surface area contributed by atoms with E-state index in [4.69, 9.17) is 21.0 Å². The number of nitrogen functional groups attached to an aromatic ring is 1. The number of benzene rings is 1. The lowest BCUT2D eigenvalue weighted by Gasteiger charge is -2.32. The summed E-state index contributed by atoms with van der Waals surface area (Å²) in [4.78, 5) is 38.7. The van der Waals surface area contributed by atoms with Gasteiger partial charge in [-0.1, -0.05) is 6.07 Å². The monoisotopic (exact) mass is 374 g/mol. The number of amides is 2. The molecular weight excluding hydrogens is 352 g/mol. The van der Waals surface area contributed by atoms with E-state index in [0.29, 0.717) is 43.6 Å². The molecule has 0 spiro atoms. The quantitative estimate of drug-likeness (QED) is 0.474. The van der Waals surface area contributed by atoms with Crippen molar-refractivity contribution in [1.29, 1.82) is 5.41 Å². The molecule has 3 rings (SSSR count). The molecule has 0 radical (unpaired) electrons. The van der Waals surface area contributed by atoms with Gasteiger partial charge in [0.15, 0.2) is 0 Å². The van der Waals surface area contributed by atoms with Crippen molar-refractivity contribution < 1.29 is 24.2 Å². The van der Waals surface area contributed by atoms with Crippen molar-refractivity contribution in [3.05, 3.63) is 34.9 Å². The molecule has 9 nitrogen and oxygen atoms in total. The maximum absolute atomic E-state index is 12.5. The molecule has 2 aliphatic heterocycles. The van der Waals surface area contributed by atoms with Gasteiger partial charge in [-0.3, -0.25) is 15.0 Å². The van der Waals surface area contributed by atoms with Crippen LogP contribution in [0.25, 0.3) is 0 Å². The second-order valence-corrected chi connectivity index (χ2v) is 6.73. The zero-order valence-electron chi connectivity index (χ0n) is 14.8. The smallest absolute Gasteiger partial charge is 0.329 e. The number of carboxylic acids is 1. The number of nitrogens with zero attached hydrogens (tertiary/aromatic N) is 2. The predicted octanol–water partition coefficient (Wildman–Crippen LogP) is 0.0187. The molecular formula is C18H22N4O5. The number of hydrogen-bond donors (Lipinski definition) is 3. The summed E-state index contributed by atoms with van der Waals surface area (Å²) in [6, 6.07) is 4.99. The van der Waals surface area contributed by atoms with Crippen LogP contribution in [0.5, 0.6) is 0 Å². The molecule has 2 heterocycles. The largest absolute Gasteiger partial charge is 0.480 e. The Morgan fingerprint density at radius 2 is 2.00 bits per heavy atom. The summed E-state index contributed by atoms with van der Waals surface area (Å²) >= 11 is 0. The van der Waals surface area contributed by atoms with Crippen molar-refractivity contribution in [1.82, 2.24) is 9.80 Å². The van der Waals surface area contributed by atoms with Crippen LogP contribution in [0.3, 0.4) is 0 Å². The van der Waals surface area contributed by atoms with Crippen LogP contribution in [0, 0.1) is 5.41 Å². The number of likely N-dealkylation sites (tertiary alicyclic amines) is 1. The van der Waals surface area contributed by atoms with Crippen LogP contribution in [-0.4, -0.2) is 70.9 Å². The number of carbonyl (C=O) groups is 3. The molecule has 1 fully saturated rings. The van der Waals surface area contributed by atoms with Gasteiger partial charge in [-0.15, -0.1) is 0 Å². The second-order valence-electron chi connectivity index (χ2n) is 6.73. The molecule has 0 unspecified atom stereocenters. The lowest BCUT2D eigenvalue weighted by Crippen LogP contribution is -2.45. The topological polar surface area (TPSA) is 137 Å². The van der Waals surface area contributed by atoms with Crippen LogP contribution >= 0.6 is 0 Å². The Labute approximate surface area is 156 Å². The van der Waals surface area contributed by atoms with Gasteiger partial charge in [0.05, 0.1) is 6.10 Å². The highest BCUT2D eigenvalue weighted by molar-refractivity contribution is 6.02. The van der Waals surface area contributed by atoms with E-state index in [1.165, 1.54) is 4.90 Å². The molecule has 1 aromatic carbocycles. The predicted molar refractivity (Wildman–Crippen MR) is 95.4 cm³/mol. The number of carboxylic acid groups (broad SMARTS) is 1. The molecule has 0 saturated carbocycles. The first-order chi connectivity index (χ1) is 12.8. The van der Waals surface area contributed by atoms with Gasteiger partial charge in [0.2, 0.25) is 5.91 Å². The molecule has 1 saturated heterocycles. The molecule has 2 aliphatic rings. The van der Waals surface area contributed by atoms with E-state index in [-0.39, 0.29) is 36.9 Å². The van der Waals surface area contributed by atoms with Crippen molar-refractivity contribution >= 4 is 23.6 Å². The van der Waals surface area contributed by atoms with Crippen molar-refractivity contribution in [2.75, 3.05) is 26.2 Å². The Hall–Kier alpha value is -2.94. The van der Waals surface area contributed by atoms with Crippen LogP contribution < -0.4 is 5.73 Å². The summed E-state index contributed by atoms with van der Waals surface area (Å²) in [5.74, 6) is -1.41. The van der Waals surface area contributed by atoms with Gasteiger partial charge in [-0.25, -0.2) is 4.79 Å². The second kappa shape index (κ2) is 7.75. The number of aliphatic carboxylic acids is 1. The van der Waals surface area contributed by atoms with Gasteiger partial charge in [0.25, 0.3) is 5.91 Å². The summed E-state index contributed by atoms with van der Waals surface area (Å²) in [7, 11) is 0. The first-order valence-corrected chi connectivity index (χ1v) is 8.73. The van der Waals surface area contributed by atoms with Crippen molar-refractivity contribution in [2.24, 2.45) is 5.73 Å². The number of nitrogens with one attached hydrogen (secondary N) is 1. The lowest BCUT2D eigenvalue weighted by molar-refractivity contribution is -0.147. The van der Waals surface area contributed by atoms with E-state index in [2.05, 4.69) is 0 Å². The van der Waals surface area contributed by atoms with E-state index in [0.717, 1.165) is 5.56 Å². The number of ether oxygens (including phenoxy) is 1. The van der Waals surface area contributed by atoms with Crippen LogP contribution in [0.2, 0.25) is 0 Å². The number of amidine groups is 1. The third kappa shape index (κ3) is 4.25. The van der Waals surface area contributed by atoms with Gasteiger partial charge in [0, 0.05) is 30.8 Å². The summed E-state index contributed by atoms with van der Waals surface area (Å²) in [6.07, 6.45) is 0.998. The molecule has 144 valence electrons. The molecule has 2 amide bonds. The third-order valence-electron chi connectivity index (χ3n) is 4.86. The van der Waals surface area contributed by atoms with Crippen molar-refractivity contribution in [3.8, 4) is 0 Å². The summed E-state index contributed by atoms with van der Waals surface area (Å²) in [5, 5.41) is 16.1. The average molecular weight is 374 g/mol. The number of carbonyl (C=O) groups excluding carboxylic acids is 2. The number of nitrogens with two attached hydrogens (primary N) is 1. The Morgan fingerprint density at radius 1 is 1.30 bits per heavy atom. The molecule has 0 atom stereocenters. The number of piperidine rings is 1. The van der Waals surface area contributed by atoms with Crippen LogP contribution in [0.1, 0.15) is 34.3 Å². The highest BCUT2D eigenvalue weighted by Gasteiger charge is 2.31. The zero-order chi connectivity index (χ0) is 19.6. The highest BCUT2D eigenvalue weighted by atomic mass is 16.5. The van der Waals surface area contributed by atoms with Crippen LogP contribution in [0.15, 0.2) is 18.2 Å². The minimum atomic E-state index is -1.01. The molecule has 0 aromatic heterocycles. The fourth-order valence-corrected chi connectivity index (χ4v) is 3.40. The maximum atomic E-state index is 12.5. The van der Waals surface area contributed by atoms with Gasteiger partial charge in [0.1, 0.15) is 19.0 Å². The molecule has 27 heavy (non-hydrogen) atoms. The average Bonchev–Trinajstić information content (AvgIpc) is 2.95. The molecule has 0 bridgehead atoms. The summed E-state index contributed by atoms with van der Waals surface area (Å²) in [6.45, 7) is 0.934. The van der Waals surface area contributed by atoms with E-state index in [1.54, 1.807) is 23.1 Å². The Morgan fingerprint density at radius 3 is 2.63 bits per heavy atom. The van der Waals surface area contributed by atoms with E-state index >= 15 is 0 Å². The SMILES string of the molecule is N=C(N)c1ccc2c(c1)CN(CC(=O)N1CCC(OCC(=O)O)CC1)C2=O. The zero-order valence-corrected chi connectivity index (χ0v) is 14.8. The number of fused-ring (bicyclic) bond motifs is 1. The first kappa shape index (κ1) is 18.8. The Balaban J connectivity index is 1.54. The standard InChI is InChI=1S/C18H22N4O5/c19-17(20)11-1-2-14-12(7-11)8-22(18(14)26)9-15(23)21-5-3-13(4-6-21)27-10-16(24)25/h1-2,7,13H,3-6,8-10H2,(H3,19,20)(H,24,25). The van der Waals surface area contributed by atoms with Crippen LogP contribution in [0.4, 0.5) is 0 Å². The fourth-order valence-electron chi connectivity index (χ4n) is 3.40. The summed E-state index contributed by atoms with van der Waals surface area (Å²) < 4.78 is 5.27. The number of rotatable bonds is 6. The minimum Gasteiger partial charge on any atom is -0.480 e. The molecule has 1 aromatic rings. The molecule has 4 N–H and O–H groups in total. The molecule has 9 heteroatoms. The number of hydrogen-bond acceptors (Lipinski definition) is 5. The van der Waals surface area contributed by atoms with Gasteiger partial charge in [-0.05, 0) is 30.5 Å². The summed E-state index contributed by atoms with van der Waals surface area (Å²) in [5.41, 5.74) is 7.34. The molecule has 0 aliphatic carbocycles. The van der Waals surface area contributed by atoms with Crippen molar-refractivity contribution in [3.63, 3.8) is 0 Å². The minimum absolute atomic E-state index is 0.0103. The van der Waals surface area contributed by atoms with Gasteiger partial charge < -0.3 is 25.4 Å².